The zero-order valence-corrected chi connectivity index (χ0v) is 16.3. The minimum absolute atomic E-state index is 0.0570. The SMILES string of the molecule is Cc1cc(C2COc3cc(O)ccc3C2c2ccc(N(C)C)cc2)ccc1F. The lowest BCUT2D eigenvalue weighted by Gasteiger charge is -2.35. The van der Waals surface area contributed by atoms with Crippen molar-refractivity contribution >= 4 is 5.69 Å². The predicted molar refractivity (Wildman–Crippen MR) is 110 cm³/mol. The molecule has 0 bridgehead atoms. The van der Waals surface area contributed by atoms with E-state index < -0.39 is 0 Å². The van der Waals surface area contributed by atoms with Crippen LogP contribution in [0.25, 0.3) is 0 Å². The Morgan fingerprint density at radius 1 is 0.964 bits per heavy atom. The van der Waals surface area contributed by atoms with Crippen LogP contribution >= 0.6 is 0 Å². The molecule has 1 heterocycles. The normalized spacial score (nSPS) is 18.3. The number of rotatable bonds is 3. The van der Waals surface area contributed by atoms with Gasteiger partial charge in [-0.05, 0) is 47.9 Å². The molecule has 1 aliphatic rings. The number of hydrogen-bond donors (Lipinski definition) is 1. The van der Waals surface area contributed by atoms with Crippen LogP contribution in [-0.2, 0) is 0 Å². The van der Waals surface area contributed by atoms with Crippen LogP contribution in [-0.4, -0.2) is 25.8 Å². The molecule has 4 rings (SSSR count). The molecule has 28 heavy (non-hydrogen) atoms. The zero-order chi connectivity index (χ0) is 19.8. The molecule has 0 radical (unpaired) electrons. The molecule has 0 saturated heterocycles. The van der Waals surface area contributed by atoms with Gasteiger partial charge in [0, 0.05) is 43.2 Å². The lowest BCUT2D eigenvalue weighted by atomic mass is 9.75. The van der Waals surface area contributed by atoms with Crippen LogP contribution in [0.2, 0.25) is 0 Å². The zero-order valence-electron chi connectivity index (χ0n) is 16.3. The molecule has 4 heteroatoms. The molecule has 1 N–H and O–H groups in total. The van der Waals surface area contributed by atoms with Gasteiger partial charge >= 0.3 is 0 Å². The van der Waals surface area contributed by atoms with Gasteiger partial charge in [0.15, 0.2) is 0 Å². The monoisotopic (exact) mass is 377 g/mol. The molecule has 0 aromatic heterocycles. The van der Waals surface area contributed by atoms with Crippen molar-refractivity contribution in [3.05, 3.63) is 88.7 Å². The van der Waals surface area contributed by atoms with Crippen molar-refractivity contribution in [3.63, 3.8) is 0 Å². The molecule has 0 aliphatic carbocycles. The number of halogens is 1. The van der Waals surface area contributed by atoms with Gasteiger partial charge in [0.1, 0.15) is 17.3 Å². The van der Waals surface area contributed by atoms with Gasteiger partial charge in [-0.2, -0.15) is 0 Å². The molecule has 2 atom stereocenters. The maximum atomic E-state index is 13.8. The third kappa shape index (κ3) is 3.31. The van der Waals surface area contributed by atoms with Crippen LogP contribution in [0.4, 0.5) is 10.1 Å². The van der Waals surface area contributed by atoms with E-state index in [1.807, 2.05) is 32.3 Å². The summed E-state index contributed by atoms with van der Waals surface area (Å²) in [5, 5.41) is 9.87. The Balaban J connectivity index is 1.83. The fraction of sp³-hybridized carbons (Fsp3) is 0.250. The predicted octanol–water partition coefficient (Wildman–Crippen LogP) is 5.21. The summed E-state index contributed by atoms with van der Waals surface area (Å²) in [5.74, 6) is 0.818. The molecule has 0 amide bonds. The maximum absolute atomic E-state index is 13.8. The summed E-state index contributed by atoms with van der Waals surface area (Å²) < 4.78 is 19.8. The number of ether oxygens (including phenoxy) is 1. The van der Waals surface area contributed by atoms with Gasteiger partial charge in [-0.1, -0.05) is 30.3 Å². The number of fused-ring (bicyclic) bond motifs is 1. The summed E-state index contributed by atoms with van der Waals surface area (Å²) in [4.78, 5) is 2.07. The first-order valence-corrected chi connectivity index (χ1v) is 9.43. The van der Waals surface area contributed by atoms with Gasteiger partial charge in [-0.15, -0.1) is 0 Å². The fourth-order valence-corrected chi connectivity index (χ4v) is 3.98. The van der Waals surface area contributed by atoms with E-state index in [-0.39, 0.29) is 23.4 Å². The maximum Gasteiger partial charge on any atom is 0.126 e. The Hall–Kier alpha value is -3.01. The van der Waals surface area contributed by atoms with E-state index in [4.69, 9.17) is 4.74 Å². The molecule has 3 nitrogen and oxygen atoms in total. The van der Waals surface area contributed by atoms with E-state index in [2.05, 4.69) is 29.2 Å². The van der Waals surface area contributed by atoms with E-state index >= 15 is 0 Å². The lowest BCUT2D eigenvalue weighted by Crippen LogP contribution is -2.25. The topological polar surface area (TPSA) is 32.7 Å². The second-order valence-electron chi connectivity index (χ2n) is 7.61. The molecular formula is C24H24FNO2. The van der Waals surface area contributed by atoms with Crippen molar-refractivity contribution in [3.8, 4) is 11.5 Å². The number of anilines is 1. The standard InChI is InChI=1S/C24H24FNO2/c1-15-12-17(6-11-22(15)25)21-14-28-23-13-19(27)9-10-20(23)24(21)16-4-7-18(8-5-16)26(2)3/h4-13,21,24,27H,14H2,1-3H3. The second kappa shape index (κ2) is 7.19. The van der Waals surface area contributed by atoms with Gasteiger partial charge in [0.2, 0.25) is 0 Å². The van der Waals surface area contributed by atoms with Gasteiger partial charge in [-0.3, -0.25) is 0 Å². The van der Waals surface area contributed by atoms with E-state index in [1.165, 1.54) is 11.6 Å². The lowest BCUT2D eigenvalue weighted by molar-refractivity contribution is 0.247. The van der Waals surface area contributed by atoms with Crippen molar-refractivity contribution < 1.29 is 14.2 Å². The van der Waals surface area contributed by atoms with Crippen molar-refractivity contribution in [2.75, 3.05) is 25.6 Å². The molecule has 3 aromatic carbocycles. The van der Waals surface area contributed by atoms with Crippen LogP contribution in [0, 0.1) is 12.7 Å². The van der Waals surface area contributed by atoms with Crippen LogP contribution in [0.3, 0.4) is 0 Å². The number of aryl methyl sites for hydroxylation is 1. The average Bonchev–Trinajstić information content (AvgIpc) is 2.69. The third-order valence-electron chi connectivity index (χ3n) is 5.53. The number of nitrogens with zero attached hydrogens (tertiary/aromatic N) is 1. The number of phenolic OH excluding ortho intramolecular Hbond substituents is 1. The molecule has 2 unspecified atom stereocenters. The van der Waals surface area contributed by atoms with Crippen LogP contribution in [0.5, 0.6) is 11.5 Å². The molecule has 0 saturated carbocycles. The minimum atomic E-state index is -0.197. The molecular weight excluding hydrogens is 353 g/mol. The quantitative estimate of drug-likeness (QED) is 0.680. The molecule has 144 valence electrons. The summed E-state index contributed by atoms with van der Waals surface area (Å²) in [5.41, 5.74) is 5.03. The van der Waals surface area contributed by atoms with E-state index in [0.717, 1.165) is 16.8 Å². The Bertz CT molecular complexity index is 998. The number of phenols is 1. The first-order chi connectivity index (χ1) is 13.4. The molecule has 0 spiro atoms. The number of benzene rings is 3. The largest absolute Gasteiger partial charge is 0.508 e. The highest BCUT2D eigenvalue weighted by molar-refractivity contribution is 5.53. The van der Waals surface area contributed by atoms with E-state index in [9.17, 15) is 9.50 Å². The Morgan fingerprint density at radius 2 is 1.68 bits per heavy atom. The van der Waals surface area contributed by atoms with Gasteiger partial charge in [0.25, 0.3) is 0 Å². The van der Waals surface area contributed by atoms with Crippen molar-refractivity contribution in [1.82, 2.24) is 0 Å². The van der Waals surface area contributed by atoms with Crippen LogP contribution in [0.15, 0.2) is 60.7 Å². The van der Waals surface area contributed by atoms with Crippen LogP contribution < -0.4 is 9.64 Å². The average molecular weight is 377 g/mol. The minimum Gasteiger partial charge on any atom is -0.508 e. The highest BCUT2D eigenvalue weighted by Crippen LogP contribution is 2.47. The smallest absolute Gasteiger partial charge is 0.126 e. The van der Waals surface area contributed by atoms with Gasteiger partial charge in [0.05, 0.1) is 6.61 Å². The van der Waals surface area contributed by atoms with Crippen molar-refractivity contribution in [1.29, 1.82) is 0 Å². The van der Waals surface area contributed by atoms with Crippen LogP contribution in [0.1, 0.15) is 34.1 Å². The second-order valence-corrected chi connectivity index (χ2v) is 7.61. The number of aromatic hydroxyl groups is 1. The highest BCUT2D eigenvalue weighted by Gasteiger charge is 2.33. The Kier molecular flexibility index (Phi) is 4.71. The first kappa shape index (κ1) is 18.4. The molecule has 1 aliphatic heterocycles. The fourth-order valence-electron chi connectivity index (χ4n) is 3.98. The summed E-state index contributed by atoms with van der Waals surface area (Å²) in [7, 11) is 4.04. The summed E-state index contributed by atoms with van der Waals surface area (Å²) in [6.45, 7) is 2.26. The van der Waals surface area contributed by atoms with Gasteiger partial charge < -0.3 is 14.7 Å². The van der Waals surface area contributed by atoms with Gasteiger partial charge in [-0.25, -0.2) is 4.39 Å². The molecule has 0 fully saturated rings. The summed E-state index contributed by atoms with van der Waals surface area (Å²) in [6, 6.07) is 19.1. The van der Waals surface area contributed by atoms with E-state index in [1.54, 1.807) is 19.1 Å². The first-order valence-electron chi connectivity index (χ1n) is 9.43. The summed E-state index contributed by atoms with van der Waals surface area (Å²) in [6.07, 6.45) is 0. The number of hydrogen-bond acceptors (Lipinski definition) is 3. The summed E-state index contributed by atoms with van der Waals surface area (Å²) >= 11 is 0. The Labute approximate surface area is 165 Å². The molecule has 3 aromatic rings. The van der Waals surface area contributed by atoms with Crippen molar-refractivity contribution in [2.24, 2.45) is 0 Å². The Morgan fingerprint density at radius 3 is 2.36 bits per heavy atom. The highest BCUT2D eigenvalue weighted by atomic mass is 19.1. The van der Waals surface area contributed by atoms with E-state index in [0.29, 0.717) is 17.9 Å². The third-order valence-corrected chi connectivity index (χ3v) is 5.53. The van der Waals surface area contributed by atoms with Crippen molar-refractivity contribution in [2.45, 2.75) is 18.8 Å².